The van der Waals surface area contributed by atoms with E-state index in [9.17, 15) is 0 Å². The molecule has 0 saturated carbocycles. The molecule has 0 N–H and O–H groups in total. The molecule has 0 saturated heterocycles. The first-order valence-electron chi connectivity index (χ1n) is 21.4. The van der Waals surface area contributed by atoms with E-state index in [-0.39, 0.29) is 0 Å². The maximum absolute atomic E-state index is 5.28. The van der Waals surface area contributed by atoms with Crippen molar-refractivity contribution in [3.05, 3.63) is 224 Å². The molecule has 0 aliphatic heterocycles. The molecule has 5 heteroatoms. The highest BCUT2D eigenvalue weighted by Crippen LogP contribution is 2.44. The molecule has 63 heavy (non-hydrogen) atoms. The van der Waals surface area contributed by atoms with Gasteiger partial charge in [0.25, 0.3) is 0 Å². The van der Waals surface area contributed by atoms with Gasteiger partial charge >= 0.3 is 0 Å². The summed E-state index contributed by atoms with van der Waals surface area (Å²) in [7, 11) is 0. The Morgan fingerprint density at radius 3 is 1.46 bits per heavy atom. The van der Waals surface area contributed by atoms with Crippen molar-refractivity contribution in [2.24, 2.45) is 0 Å². The Balaban J connectivity index is 1.14. The summed E-state index contributed by atoms with van der Waals surface area (Å²) in [6, 6.07) is 80.3. The van der Waals surface area contributed by atoms with Crippen LogP contribution in [0.2, 0.25) is 0 Å². The van der Waals surface area contributed by atoms with Crippen molar-refractivity contribution >= 4 is 65.4 Å². The van der Waals surface area contributed by atoms with Crippen molar-refractivity contribution < 1.29 is 0 Å². The van der Waals surface area contributed by atoms with Gasteiger partial charge in [-0.25, -0.2) is 9.97 Å². The second kappa shape index (κ2) is 14.0. The lowest BCUT2D eigenvalue weighted by atomic mass is 10.0. The van der Waals surface area contributed by atoms with E-state index in [1.807, 2.05) is 24.3 Å². The van der Waals surface area contributed by atoms with Crippen molar-refractivity contribution in [1.29, 1.82) is 0 Å². The number of fused-ring (bicyclic) bond motifs is 10. The molecule has 0 radical (unpaired) electrons. The van der Waals surface area contributed by atoms with Crippen LogP contribution in [0.3, 0.4) is 0 Å². The molecule has 5 nitrogen and oxygen atoms in total. The smallest absolute Gasteiger partial charge is 0.160 e. The summed E-state index contributed by atoms with van der Waals surface area (Å²) < 4.78 is 7.30. The zero-order chi connectivity index (χ0) is 41.4. The predicted octanol–water partition coefficient (Wildman–Crippen LogP) is 14.8. The van der Waals surface area contributed by atoms with Crippen molar-refractivity contribution in [1.82, 2.24) is 23.7 Å². The summed E-state index contributed by atoms with van der Waals surface area (Å²) in [6.45, 7) is 0. The van der Waals surface area contributed by atoms with Crippen LogP contribution < -0.4 is 0 Å². The Bertz CT molecular complexity index is 3820. The molecular weight excluding hydrogens is 767 g/mol. The monoisotopic (exact) mass is 803 g/mol. The maximum atomic E-state index is 5.28. The summed E-state index contributed by atoms with van der Waals surface area (Å²) in [5.41, 5.74) is 15.1. The third-order valence-electron chi connectivity index (χ3n) is 12.6. The Labute approximate surface area is 363 Å². The summed E-state index contributed by atoms with van der Waals surface area (Å²) in [5.74, 6) is 0.697. The maximum Gasteiger partial charge on any atom is 0.160 e. The lowest BCUT2D eigenvalue weighted by molar-refractivity contribution is 1.15. The van der Waals surface area contributed by atoms with Gasteiger partial charge in [0.2, 0.25) is 0 Å². The van der Waals surface area contributed by atoms with Crippen LogP contribution in [0.4, 0.5) is 0 Å². The van der Waals surface area contributed by atoms with E-state index in [0.29, 0.717) is 5.82 Å². The minimum atomic E-state index is 0.697. The number of benzene rings is 9. The number of nitrogens with zero attached hydrogens (tertiary/aromatic N) is 5. The number of aromatic nitrogens is 5. The van der Waals surface area contributed by atoms with Gasteiger partial charge in [-0.3, -0.25) is 0 Å². The molecule has 294 valence electrons. The van der Waals surface area contributed by atoms with E-state index in [1.165, 1.54) is 43.5 Å². The minimum Gasteiger partial charge on any atom is -0.309 e. The lowest BCUT2D eigenvalue weighted by Crippen LogP contribution is -1.97. The third kappa shape index (κ3) is 5.50. The van der Waals surface area contributed by atoms with Gasteiger partial charge in [0.05, 0.1) is 44.5 Å². The van der Waals surface area contributed by atoms with E-state index < -0.39 is 0 Å². The van der Waals surface area contributed by atoms with Crippen LogP contribution >= 0.6 is 0 Å². The van der Waals surface area contributed by atoms with E-state index in [1.54, 1.807) is 0 Å². The molecule has 0 aliphatic rings. The number of rotatable bonds is 6. The molecule has 0 atom stereocenters. The van der Waals surface area contributed by atoms with E-state index in [0.717, 1.165) is 67.1 Å². The molecule has 0 amide bonds. The van der Waals surface area contributed by atoms with Crippen LogP contribution in [-0.2, 0) is 0 Å². The fourth-order valence-electron chi connectivity index (χ4n) is 9.86. The van der Waals surface area contributed by atoms with Crippen molar-refractivity contribution in [3.63, 3.8) is 0 Å². The van der Waals surface area contributed by atoms with Gasteiger partial charge in [-0.05, 0) is 72.8 Å². The first-order valence-corrected chi connectivity index (χ1v) is 21.4. The van der Waals surface area contributed by atoms with Gasteiger partial charge in [0.1, 0.15) is 0 Å². The molecule has 0 spiro atoms. The van der Waals surface area contributed by atoms with Crippen LogP contribution in [0.1, 0.15) is 0 Å². The van der Waals surface area contributed by atoms with Crippen LogP contribution in [0.25, 0.3) is 116 Å². The molecule has 0 aliphatic carbocycles. The third-order valence-corrected chi connectivity index (χ3v) is 12.6. The first-order chi connectivity index (χ1) is 31.3. The van der Waals surface area contributed by atoms with Gasteiger partial charge in [-0.2, -0.15) is 0 Å². The second-order valence-electron chi connectivity index (χ2n) is 16.2. The highest BCUT2D eigenvalue weighted by Gasteiger charge is 2.23. The van der Waals surface area contributed by atoms with E-state index in [4.69, 9.17) is 9.97 Å². The SMILES string of the molecule is c1ccc(-c2cc(-c3ccc4c(c3)c3c(ccc5c6ccccc6n(-c6ccccc6)c53)n4-c3ccc4c5ccccc5n(-c5ccccc5)c4c3)nc(-c3ccccc3)n2)cc1. The van der Waals surface area contributed by atoms with E-state index in [2.05, 4.69) is 214 Å². The number of para-hydroxylation sites is 4. The quantitative estimate of drug-likeness (QED) is 0.168. The molecule has 13 aromatic rings. The summed E-state index contributed by atoms with van der Waals surface area (Å²) in [5, 5.41) is 7.23. The zero-order valence-corrected chi connectivity index (χ0v) is 34.1. The summed E-state index contributed by atoms with van der Waals surface area (Å²) in [4.78, 5) is 10.4. The summed E-state index contributed by atoms with van der Waals surface area (Å²) >= 11 is 0. The largest absolute Gasteiger partial charge is 0.309 e. The fraction of sp³-hybridized carbons (Fsp3) is 0. The average molecular weight is 804 g/mol. The molecular formula is C58H37N5. The van der Waals surface area contributed by atoms with Crippen LogP contribution in [0.5, 0.6) is 0 Å². The molecule has 0 bridgehead atoms. The lowest BCUT2D eigenvalue weighted by Gasteiger charge is -2.12. The van der Waals surface area contributed by atoms with Gasteiger partial charge in [0, 0.05) is 66.1 Å². The van der Waals surface area contributed by atoms with Crippen molar-refractivity contribution in [2.45, 2.75) is 0 Å². The van der Waals surface area contributed by atoms with Gasteiger partial charge in [-0.15, -0.1) is 0 Å². The summed E-state index contributed by atoms with van der Waals surface area (Å²) in [6.07, 6.45) is 0. The normalized spacial score (nSPS) is 11.8. The predicted molar refractivity (Wildman–Crippen MR) is 261 cm³/mol. The van der Waals surface area contributed by atoms with Gasteiger partial charge in [0.15, 0.2) is 5.82 Å². The van der Waals surface area contributed by atoms with Gasteiger partial charge in [-0.1, -0.05) is 152 Å². The molecule has 0 fully saturated rings. The molecule has 0 unspecified atom stereocenters. The average Bonchev–Trinajstić information content (AvgIpc) is 4.00. The highest BCUT2D eigenvalue weighted by molar-refractivity contribution is 6.26. The topological polar surface area (TPSA) is 40.6 Å². The van der Waals surface area contributed by atoms with E-state index >= 15 is 0 Å². The Morgan fingerprint density at radius 2 is 0.762 bits per heavy atom. The Hall–Kier alpha value is -8.54. The first kappa shape index (κ1) is 35.2. The van der Waals surface area contributed by atoms with Crippen LogP contribution in [0.15, 0.2) is 224 Å². The Morgan fingerprint density at radius 1 is 0.270 bits per heavy atom. The minimum absolute atomic E-state index is 0.697. The Kier molecular flexibility index (Phi) is 7.84. The zero-order valence-electron chi connectivity index (χ0n) is 34.1. The standard InChI is InChI=1S/C58H37N5/c1-5-17-38(18-6-1)49-37-50(60-58(59-49)39-19-7-2-8-20-39)40-29-33-53-48(35-40)56-54(34-32-47-45-26-14-16-28-52(45)63(57(47)56)42-23-11-4-12-24-42)62(53)43-30-31-46-44-25-13-15-27-51(44)61(55(46)36-43)41-21-9-3-10-22-41/h1-37H. The second-order valence-corrected chi connectivity index (χ2v) is 16.2. The highest BCUT2D eigenvalue weighted by atomic mass is 15.0. The number of hydrogen-bond acceptors (Lipinski definition) is 2. The molecule has 4 heterocycles. The van der Waals surface area contributed by atoms with Crippen molar-refractivity contribution in [2.75, 3.05) is 0 Å². The van der Waals surface area contributed by atoms with Crippen molar-refractivity contribution in [3.8, 4) is 51.0 Å². The van der Waals surface area contributed by atoms with Crippen LogP contribution in [-0.4, -0.2) is 23.7 Å². The molecule has 4 aromatic heterocycles. The fourth-order valence-corrected chi connectivity index (χ4v) is 9.86. The molecule has 13 rings (SSSR count). The van der Waals surface area contributed by atoms with Crippen LogP contribution in [0, 0.1) is 0 Å². The molecule has 9 aromatic carbocycles. The van der Waals surface area contributed by atoms with Gasteiger partial charge < -0.3 is 13.7 Å². The number of hydrogen-bond donors (Lipinski definition) is 0.